The Bertz CT molecular complexity index is 940. The highest BCUT2D eigenvalue weighted by molar-refractivity contribution is 14.1. The van der Waals surface area contributed by atoms with Gasteiger partial charge in [-0.15, -0.1) is 0 Å². The summed E-state index contributed by atoms with van der Waals surface area (Å²) in [4.78, 5) is 0. The molecule has 0 amide bonds. The molecule has 1 heterocycles. The molecule has 174 valence electrons. The summed E-state index contributed by atoms with van der Waals surface area (Å²) in [7, 11) is 0. The first-order chi connectivity index (χ1) is 15.3. The molecule has 1 aliphatic heterocycles. The molecule has 2 aromatic carbocycles. The number of aliphatic hydroxyl groups excluding tert-OH is 3. The van der Waals surface area contributed by atoms with Crippen LogP contribution in [-0.4, -0.2) is 50.3 Å². The fourth-order valence-corrected chi connectivity index (χ4v) is 6.01. The fraction of sp³-hybridized carbons (Fsp3) is 0.538. The first-order valence-corrected chi connectivity index (χ1v) is 12.7. The standard InChI is InChI=1S/C26H33IO5/c1-14(2)31-18-9-7-16(8-10-18)11-17-12-21(15(3)19-5-4-6-20(17)19)26-23(27)25(30)24(29)22(13-28)32-26/h7-10,12,14,22-26,28-30H,4-6,11,13H2,1-3H3/t22-,23+,24+,25-,26+/m1/s1. The van der Waals surface area contributed by atoms with Crippen LogP contribution in [0.15, 0.2) is 30.3 Å². The molecule has 0 spiro atoms. The Labute approximate surface area is 203 Å². The van der Waals surface area contributed by atoms with Gasteiger partial charge in [-0.05, 0) is 92.0 Å². The lowest BCUT2D eigenvalue weighted by molar-refractivity contribution is -0.174. The highest BCUT2D eigenvalue weighted by atomic mass is 127. The van der Waals surface area contributed by atoms with Crippen LogP contribution in [-0.2, 0) is 24.0 Å². The van der Waals surface area contributed by atoms with Gasteiger partial charge in [-0.1, -0.05) is 40.8 Å². The first-order valence-electron chi connectivity index (χ1n) is 11.5. The Morgan fingerprint density at radius 1 is 1.09 bits per heavy atom. The minimum absolute atomic E-state index is 0.150. The molecule has 5 atom stereocenters. The third kappa shape index (κ3) is 4.71. The maximum absolute atomic E-state index is 10.6. The van der Waals surface area contributed by atoms with E-state index in [0.29, 0.717) is 0 Å². The van der Waals surface area contributed by atoms with Crippen LogP contribution in [0.25, 0.3) is 0 Å². The average molecular weight is 552 g/mol. The quantitative estimate of drug-likeness (QED) is 0.375. The molecule has 0 saturated carbocycles. The number of alkyl halides is 1. The Hall–Kier alpha value is -1.19. The van der Waals surface area contributed by atoms with Gasteiger partial charge in [0, 0.05) is 0 Å². The predicted octanol–water partition coefficient (Wildman–Crippen LogP) is 3.82. The van der Waals surface area contributed by atoms with E-state index in [0.717, 1.165) is 37.0 Å². The lowest BCUT2D eigenvalue weighted by Gasteiger charge is -2.41. The van der Waals surface area contributed by atoms with Crippen molar-refractivity contribution in [3.8, 4) is 5.75 Å². The first kappa shape index (κ1) is 24.0. The van der Waals surface area contributed by atoms with E-state index in [9.17, 15) is 15.3 Å². The van der Waals surface area contributed by atoms with Gasteiger partial charge in [-0.2, -0.15) is 0 Å². The van der Waals surface area contributed by atoms with Gasteiger partial charge in [0.25, 0.3) is 0 Å². The minimum atomic E-state index is -1.08. The molecule has 0 radical (unpaired) electrons. The molecule has 3 N–H and O–H groups in total. The molecule has 1 aliphatic carbocycles. The van der Waals surface area contributed by atoms with Gasteiger partial charge in [-0.25, -0.2) is 0 Å². The molecule has 5 nitrogen and oxygen atoms in total. The Kier molecular flexibility index (Phi) is 7.46. The SMILES string of the molecule is Cc1c([C@@H]2O[C@H](CO)[C@H](O)[C@H](O)[C@@H]2I)cc(Cc2ccc(OC(C)C)cc2)c2c1CCC2. The van der Waals surface area contributed by atoms with Crippen molar-refractivity contribution in [2.75, 3.05) is 6.61 Å². The zero-order chi connectivity index (χ0) is 23.0. The number of hydrogen-bond acceptors (Lipinski definition) is 5. The molecule has 0 unspecified atom stereocenters. The van der Waals surface area contributed by atoms with Gasteiger partial charge in [0.2, 0.25) is 0 Å². The van der Waals surface area contributed by atoms with E-state index in [1.54, 1.807) is 0 Å². The number of aliphatic hydroxyl groups is 3. The molecule has 1 saturated heterocycles. The molecule has 2 aliphatic rings. The van der Waals surface area contributed by atoms with Crippen LogP contribution in [0.4, 0.5) is 0 Å². The molecule has 6 heteroatoms. The van der Waals surface area contributed by atoms with Crippen LogP contribution in [0, 0.1) is 6.92 Å². The molecule has 0 bridgehead atoms. The smallest absolute Gasteiger partial charge is 0.119 e. The topological polar surface area (TPSA) is 79.2 Å². The summed E-state index contributed by atoms with van der Waals surface area (Å²) in [5, 5.41) is 30.5. The number of rotatable bonds is 6. The van der Waals surface area contributed by atoms with E-state index in [4.69, 9.17) is 9.47 Å². The van der Waals surface area contributed by atoms with Gasteiger partial charge in [0.05, 0.1) is 28.8 Å². The van der Waals surface area contributed by atoms with Gasteiger partial charge in [-0.3, -0.25) is 0 Å². The highest BCUT2D eigenvalue weighted by Gasteiger charge is 2.44. The molecule has 1 fully saturated rings. The largest absolute Gasteiger partial charge is 0.491 e. The van der Waals surface area contributed by atoms with Crippen molar-refractivity contribution in [3.05, 3.63) is 63.7 Å². The summed E-state index contributed by atoms with van der Waals surface area (Å²) in [5.74, 6) is 0.879. The van der Waals surface area contributed by atoms with Crippen molar-refractivity contribution < 1.29 is 24.8 Å². The van der Waals surface area contributed by atoms with Gasteiger partial charge in [0.15, 0.2) is 0 Å². The van der Waals surface area contributed by atoms with Crippen LogP contribution in [0.3, 0.4) is 0 Å². The summed E-state index contributed by atoms with van der Waals surface area (Å²) in [6.45, 7) is 5.87. The summed E-state index contributed by atoms with van der Waals surface area (Å²) < 4.78 is 11.6. The molecule has 0 aromatic heterocycles. The fourth-order valence-electron chi connectivity index (χ4n) is 5.03. The van der Waals surface area contributed by atoms with Crippen molar-refractivity contribution in [1.82, 2.24) is 0 Å². The van der Waals surface area contributed by atoms with Crippen LogP contribution in [0.5, 0.6) is 5.75 Å². The highest BCUT2D eigenvalue weighted by Crippen LogP contribution is 2.42. The van der Waals surface area contributed by atoms with Crippen molar-refractivity contribution in [3.63, 3.8) is 0 Å². The summed E-state index contributed by atoms with van der Waals surface area (Å²) >= 11 is 2.17. The third-order valence-electron chi connectivity index (χ3n) is 6.66. The number of ether oxygens (including phenoxy) is 2. The van der Waals surface area contributed by atoms with E-state index in [1.165, 1.54) is 27.8 Å². The van der Waals surface area contributed by atoms with E-state index in [1.807, 2.05) is 26.0 Å². The predicted molar refractivity (Wildman–Crippen MR) is 133 cm³/mol. The monoisotopic (exact) mass is 552 g/mol. The zero-order valence-electron chi connectivity index (χ0n) is 18.9. The summed E-state index contributed by atoms with van der Waals surface area (Å²) in [6, 6.07) is 10.5. The Morgan fingerprint density at radius 3 is 2.44 bits per heavy atom. The number of hydrogen-bond donors (Lipinski definition) is 3. The number of benzene rings is 2. The number of halogens is 1. The van der Waals surface area contributed by atoms with E-state index in [-0.39, 0.29) is 22.7 Å². The van der Waals surface area contributed by atoms with Crippen LogP contribution in [0.1, 0.15) is 59.8 Å². The maximum Gasteiger partial charge on any atom is 0.119 e. The summed E-state index contributed by atoms with van der Waals surface area (Å²) in [5.41, 5.74) is 7.63. The number of fused-ring (bicyclic) bond motifs is 1. The third-order valence-corrected chi connectivity index (χ3v) is 8.05. The molecule has 4 rings (SSSR count). The van der Waals surface area contributed by atoms with Gasteiger partial charge >= 0.3 is 0 Å². The van der Waals surface area contributed by atoms with Crippen LogP contribution < -0.4 is 4.74 Å². The van der Waals surface area contributed by atoms with Gasteiger partial charge < -0.3 is 24.8 Å². The maximum atomic E-state index is 10.6. The molecule has 32 heavy (non-hydrogen) atoms. The molecule has 2 aromatic rings. The lowest BCUT2D eigenvalue weighted by Crippen LogP contribution is -2.53. The van der Waals surface area contributed by atoms with E-state index in [2.05, 4.69) is 47.7 Å². The molecular weight excluding hydrogens is 519 g/mol. The Morgan fingerprint density at radius 2 is 1.78 bits per heavy atom. The van der Waals surface area contributed by atoms with Crippen LogP contribution >= 0.6 is 22.6 Å². The van der Waals surface area contributed by atoms with Crippen molar-refractivity contribution in [2.24, 2.45) is 0 Å². The second-order valence-corrected chi connectivity index (χ2v) is 10.7. The minimum Gasteiger partial charge on any atom is -0.491 e. The normalized spacial score (nSPS) is 27.6. The van der Waals surface area contributed by atoms with E-state index >= 15 is 0 Å². The van der Waals surface area contributed by atoms with Gasteiger partial charge in [0.1, 0.15) is 18.0 Å². The second kappa shape index (κ2) is 9.97. The second-order valence-electron chi connectivity index (χ2n) is 9.25. The van der Waals surface area contributed by atoms with Crippen molar-refractivity contribution >= 4 is 22.6 Å². The molecular formula is C26H33IO5. The van der Waals surface area contributed by atoms with E-state index < -0.39 is 18.3 Å². The zero-order valence-corrected chi connectivity index (χ0v) is 21.1. The lowest BCUT2D eigenvalue weighted by atomic mass is 9.85. The van der Waals surface area contributed by atoms with Crippen molar-refractivity contribution in [2.45, 2.75) is 80.9 Å². The average Bonchev–Trinajstić information content (AvgIpc) is 3.26. The summed E-state index contributed by atoms with van der Waals surface area (Å²) in [6.07, 6.45) is 1.06. The van der Waals surface area contributed by atoms with Crippen LogP contribution in [0.2, 0.25) is 0 Å². The Balaban J connectivity index is 1.68. The van der Waals surface area contributed by atoms with Crippen molar-refractivity contribution in [1.29, 1.82) is 0 Å².